The zero-order valence-electron chi connectivity index (χ0n) is 26.1. The molecule has 3 aromatic rings. The summed E-state index contributed by atoms with van der Waals surface area (Å²) in [5.74, 6) is 2.97. The standard InChI is InChI=1S/C42H42N2O/c1-2-11-29(12-3-1)43-36-17-7-4-13-30(36)34-25-27(21-23-38(34)43)28-22-24-39-35(26-28)31-14-5-8-18-37(31)44(39)40-19-10-16-33-32-15-6-9-20-41(32)45-42(33)40/h1-2,6-7,9-11,15-17,20,22-27,31,35,37,39-40H,3-5,8,12-14,18-19,21H2. The van der Waals surface area contributed by atoms with E-state index in [0.29, 0.717) is 30.0 Å². The van der Waals surface area contributed by atoms with Crippen molar-refractivity contribution in [3.05, 3.63) is 112 Å². The van der Waals surface area contributed by atoms with Crippen LogP contribution < -0.4 is 10.6 Å². The van der Waals surface area contributed by atoms with E-state index in [1.165, 1.54) is 64.4 Å². The van der Waals surface area contributed by atoms with Gasteiger partial charge in [0.15, 0.2) is 0 Å². The molecule has 7 aliphatic rings. The Morgan fingerprint density at radius 3 is 2.76 bits per heavy atom. The number of hydrogen-bond donors (Lipinski definition) is 0. The summed E-state index contributed by atoms with van der Waals surface area (Å²) in [4.78, 5) is 2.91. The molecule has 6 unspecified atom stereocenters. The second-order valence-electron chi connectivity index (χ2n) is 14.4. The first-order valence-corrected chi connectivity index (χ1v) is 17.7. The summed E-state index contributed by atoms with van der Waals surface area (Å²) in [5.41, 5.74) is 8.32. The lowest BCUT2D eigenvalue weighted by atomic mass is 9.74. The van der Waals surface area contributed by atoms with E-state index in [1.54, 1.807) is 11.1 Å². The van der Waals surface area contributed by atoms with Gasteiger partial charge in [-0.2, -0.15) is 0 Å². The summed E-state index contributed by atoms with van der Waals surface area (Å²) in [7, 11) is 0. The second kappa shape index (κ2) is 10.4. The third-order valence-electron chi connectivity index (χ3n) is 12.1. The van der Waals surface area contributed by atoms with Gasteiger partial charge in [0.1, 0.15) is 11.3 Å². The molecule has 1 saturated heterocycles. The van der Waals surface area contributed by atoms with Crippen LogP contribution in [0.1, 0.15) is 86.4 Å². The fraction of sp³-hybridized carbons (Fsp3) is 0.381. The van der Waals surface area contributed by atoms with Crippen molar-refractivity contribution in [2.75, 3.05) is 0 Å². The normalized spacial score (nSPS) is 31.3. The molecule has 226 valence electrons. The molecule has 2 fully saturated rings. The van der Waals surface area contributed by atoms with Crippen molar-refractivity contribution >= 4 is 41.0 Å². The summed E-state index contributed by atoms with van der Waals surface area (Å²) < 4.78 is 9.25. The Labute approximate surface area is 266 Å². The predicted molar refractivity (Wildman–Crippen MR) is 185 cm³/mol. The highest BCUT2D eigenvalue weighted by Crippen LogP contribution is 2.53. The second-order valence-corrected chi connectivity index (χ2v) is 14.4. The third kappa shape index (κ3) is 3.99. The first kappa shape index (κ1) is 26.4. The largest absolute Gasteiger partial charge is 0.459 e. The Hall–Kier alpha value is -3.82. The predicted octanol–water partition coefficient (Wildman–Crippen LogP) is 8.48. The van der Waals surface area contributed by atoms with Crippen LogP contribution in [0, 0.1) is 17.8 Å². The van der Waals surface area contributed by atoms with Gasteiger partial charge < -0.3 is 8.98 Å². The molecular weight excluding hydrogens is 548 g/mol. The first-order valence-electron chi connectivity index (χ1n) is 17.7. The molecule has 3 heterocycles. The number of hydrogen-bond acceptors (Lipinski definition) is 2. The lowest BCUT2D eigenvalue weighted by Gasteiger charge is -2.39. The number of furan rings is 1. The lowest BCUT2D eigenvalue weighted by molar-refractivity contribution is 0.0999. The van der Waals surface area contributed by atoms with Crippen molar-refractivity contribution < 1.29 is 4.42 Å². The monoisotopic (exact) mass is 590 g/mol. The van der Waals surface area contributed by atoms with Crippen LogP contribution in [0.2, 0.25) is 0 Å². The fourth-order valence-electron chi connectivity index (χ4n) is 10.2. The number of benzene rings is 1. The van der Waals surface area contributed by atoms with Gasteiger partial charge in [-0.1, -0.05) is 91.8 Å². The molecule has 1 aromatic carbocycles. The molecule has 0 radical (unpaired) electrons. The first-order chi connectivity index (χ1) is 22.3. The number of aromatic nitrogens is 1. The van der Waals surface area contributed by atoms with Gasteiger partial charge in [-0.15, -0.1) is 0 Å². The number of allylic oxidation sites excluding steroid dienone is 7. The number of para-hydroxylation sites is 1. The maximum Gasteiger partial charge on any atom is 0.135 e. The molecular formula is C42H42N2O. The van der Waals surface area contributed by atoms with E-state index >= 15 is 0 Å². The van der Waals surface area contributed by atoms with Crippen LogP contribution in [0.3, 0.4) is 0 Å². The molecule has 45 heavy (non-hydrogen) atoms. The van der Waals surface area contributed by atoms with Gasteiger partial charge >= 0.3 is 0 Å². The Morgan fingerprint density at radius 2 is 1.80 bits per heavy atom. The average Bonchev–Trinajstić information content (AvgIpc) is 3.76. The zero-order valence-corrected chi connectivity index (χ0v) is 26.1. The fourth-order valence-corrected chi connectivity index (χ4v) is 10.2. The smallest absolute Gasteiger partial charge is 0.135 e. The molecule has 6 atom stereocenters. The molecule has 6 aliphatic carbocycles. The lowest BCUT2D eigenvalue weighted by Crippen LogP contribution is -2.41. The summed E-state index contributed by atoms with van der Waals surface area (Å²) in [6.45, 7) is 0. The van der Waals surface area contributed by atoms with Crippen LogP contribution >= 0.6 is 0 Å². The number of rotatable bonds is 3. The number of nitrogens with zero attached hydrogens (tertiary/aromatic N) is 2. The molecule has 0 spiro atoms. The van der Waals surface area contributed by atoms with Gasteiger partial charge in [-0.05, 0) is 86.6 Å². The minimum Gasteiger partial charge on any atom is -0.459 e. The molecule has 1 saturated carbocycles. The average molecular weight is 591 g/mol. The number of fused-ring (bicyclic) bond motifs is 9. The van der Waals surface area contributed by atoms with Crippen molar-refractivity contribution in [3.8, 4) is 0 Å². The van der Waals surface area contributed by atoms with E-state index in [-0.39, 0.29) is 0 Å². The Kier molecular flexibility index (Phi) is 6.08. The van der Waals surface area contributed by atoms with E-state index in [4.69, 9.17) is 4.42 Å². The van der Waals surface area contributed by atoms with E-state index in [0.717, 1.165) is 50.0 Å². The van der Waals surface area contributed by atoms with Crippen LogP contribution in [-0.4, -0.2) is 21.6 Å². The molecule has 3 nitrogen and oxygen atoms in total. The maximum absolute atomic E-state index is 6.66. The van der Waals surface area contributed by atoms with Crippen LogP contribution in [0.15, 0.2) is 82.9 Å². The van der Waals surface area contributed by atoms with Crippen molar-refractivity contribution in [2.24, 2.45) is 17.8 Å². The zero-order chi connectivity index (χ0) is 29.5. The van der Waals surface area contributed by atoms with E-state index < -0.39 is 0 Å². The van der Waals surface area contributed by atoms with Crippen LogP contribution in [-0.2, 0) is 6.42 Å². The van der Waals surface area contributed by atoms with Crippen LogP contribution in [0.4, 0.5) is 0 Å². The maximum atomic E-state index is 6.66. The SMILES string of the molecule is C1=CCCC(n2c3c(c4c2=CCC(C2=CC5C6CCCCC6N(C6CC=Cc7c6oc6ccccc76)C5C=C2)C=4)CCC=C3)=C1. The van der Waals surface area contributed by atoms with E-state index in [1.807, 2.05) is 0 Å². The Bertz CT molecular complexity index is 2020. The van der Waals surface area contributed by atoms with Gasteiger partial charge in [-0.3, -0.25) is 4.90 Å². The summed E-state index contributed by atoms with van der Waals surface area (Å²) in [6, 6.07) is 10.0. The molecule has 3 heteroatoms. The van der Waals surface area contributed by atoms with Crippen molar-refractivity contribution in [3.63, 3.8) is 0 Å². The summed E-state index contributed by atoms with van der Waals surface area (Å²) in [6.07, 6.45) is 41.5. The Balaban J connectivity index is 1.02. The minimum atomic E-state index is 0.318. The summed E-state index contributed by atoms with van der Waals surface area (Å²) >= 11 is 0. The molecule has 0 amide bonds. The molecule has 1 aliphatic heterocycles. The minimum absolute atomic E-state index is 0.318. The highest BCUT2D eigenvalue weighted by Gasteiger charge is 2.52. The van der Waals surface area contributed by atoms with Gasteiger partial charge in [0, 0.05) is 56.8 Å². The van der Waals surface area contributed by atoms with E-state index in [9.17, 15) is 0 Å². The van der Waals surface area contributed by atoms with Crippen molar-refractivity contribution in [1.29, 1.82) is 0 Å². The van der Waals surface area contributed by atoms with Crippen LogP contribution in [0.5, 0.6) is 0 Å². The Morgan fingerprint density at radius 1 is 0.867 bits per heavy atom. The van der Waals surface area contributed by atoms with Crippen LogP contribution in [0.25, 0.3) is 41.0 Å². The van der Waals surface area contributed by atoms with Crippen molar-refractivity contribution in [2.45, 2.75) is 82.3 Å². The van der Waals surface area contributed by atoms with E-state index in [2.05, 4.69) is 107 Å². The van der Waals surface area contributed by atoms with Gasteiger partial charge in [0.05, 0.1) is 6.04 Å². The number of likely N-dealkylation sites (tertiary alicyclic amines) is 1. The quantitative estimate of drug-likeness (QED) is 0.305. The highest BCUT2D eigenvalue weighted by atomic mass is 16.3. The molecule has 10 rings (SSSR count). The topological polar surface area (TPSA) is 21.3 Å². The van der Waals surface area contributed by atoms with Gasteiger partial charge in [0.25, 0.3) is 0 Å². The molecule has 0 N–H and O–H groups in total. The third-order valence-corrected chi connectivity index (χ3v) is 12.1. The molecule has 2 aromatic heterocycles. The van der Waals surface area contributed by atoms with Gasteiger partial charge in [0.2, 0.25) is 0 Å². The van der Waals surface area contributed by atoms with Gasteiger partial charge in [-0.25, -0.2) is 0 Å². The van der Waals surface area contributed by atoms with Crippen molar-refractivity contribution in [1.82, 2.24) is 9.47 Å². The summed E-state index contributed by atoms with van der Waals surface area (Å²) in [5, 5.41) is 4.21. The highest BCUT2D eigenvalue weighted by molar-refractivity contribution is 5.89. The molecule has 0 bridgehead atoms.